The monoisotopic (exact) mass is 452 g/mol. The van der Waals surface area contributed by atoms with E-state index >= 15 is 0 Å². The van der Waals surface area contributed by atoms with E-state index in [4.69, 9.17) is 4.74 Å². The second-order valence-corrected chi connectivity index (χ2v) is 9.73. The van der Waals surface area contributed by atoms with Gasteiger partial charge in [-0.1, -0.05) is 36.4 Å². The van der Waals surface area contributed by atoms with Crippen LogP contribution in [0.15, 0.2) is 77.7 Å². The number of rotatable bonds is 3. The molecule has 2 aliphatic heterocycles. The number of carbonyl (C=O) groups excluding carboxylic acids is 1. The molecular weight excluding hydrogens is 431 g/mol. The third-order valence-corrected chi connectivity index (χ3v) is 7.84. The zero-order valence-electron chi connectivity index (χ0n) is 17.1. The zero-order valence-corrected chi connectivity index (χ0v) is 18.0. The van der Waals surface area contributed by atoms with Gasteiger partial charge in [0.1, 0.15) is 17.3 Å². The van der Waals surface area contributed by atoms with Crippen molar-refractivity contribution in [3.05, 3.63) is 89.7 Å². The molecule has 0 N–H and O–H groups in total. The number of hydrogen-bond acceptors (Lipinski definition) is 4. The SMILES string of the molecule is O=C(C1c2ccccc2Oc2ccccc21)N1CCN(S(=O)(=O)c2ccc(F)cc2)CC1. The molecule has 0 bridgehead atoms. The fourth-order valence-electron chi connectivity index (χ4n) is 4.26. The molecular formula is C24H21FN2O4S. The van der Waals surface area contributed by atoms with E-state index in [1.807, 2.05) is 48.5 Å². The summed E-state index contributed by atoms with van der Waals surface area (Å²) >= 11 is 0. The molecule has 0 saturated carbocycles. The Morgan fingerprint density at radius 3 is 1.91 bits per heavy atom. The first-order valence-corrected chi connectivity index (χ1v) is 11.8. The first-order valence-electron chi connectivity index (χ1n) is 10.4. The molecule has 0 spiro atoms. The van der Waals surface area contributed by atoms with Crippen LogP contribution < -0.4 is 4.74 Å². The first-order chi connectivity index (χ1) is 15.4. The fraction of sp³-hybridized carbons (Fsp3) is 0.208. The Labute approximate surface area is 185 Å². The summed E-state index contributed by atoms with van der Waals surface area (Å²) in [5.74, 6) is 0.240. The normalized spacial score (nSPS) is 16.7. The molecule has 1 saturated heterocycles. The van der Waals surface area contributed by atoms with E-state index in [2.05, 4.69) is 0 Å². The number of para-hydroxylation sites is 2. The highest BCUT2D eigenvalue weighted by Gasteiger charge is 2.37. The molecule has 0 unspecified atom stereocenters. The highest BCUT2D eigenvalue weighted by atomic mass is 32.2. The first kappa shape index (κ1) is 20.7. The van der Waals surface area contributed by atoms with E-state index in [0.717, 1.165) is 23.3 Å². The molecule has 3 aromatic carbocycles. The number of nitrogens with zero attached hydrogens (tertiary/aromatic N) is 2. The molecule has 32 heavy (non-hydrogen) atoms. The van der Waals surface area contributed by atoms with Gasteiger partial charge in [0.05, 0.1) is 10.8 Å². The van der Waals surface area contributed by atoms with Crippen LogP contribution in [0.2, 0.25) is 0 Å². The van der Waals surface area contributed by atoms with Gasteiger partial charge in [-0.05, 0) is 36.4 Å². The molecule has 3 aromatic rings. The van der Waals surface area contributed by atoms with Gasteiger partial charge in [-0.15, -0.1) is 0 Å². The number of benzene rings is 3. The number of hydrogen-bond donors (Lipinski definition) is 0. The lowest BCUT2D eigenvalue weighted by Gasteiger charge is -2.37. The van der Waals surface area contributed by atoms with Gasteiger partial charge in [-0.25, -0.2) is 12.8 Å². The maximum Gasteiger partial charge on any atom is 0.243 e. The van der Waals surface area contributed by atoms with Crippen LogP contribution in [0.5, 0.6) is 11.5 Å². The molecule has 2 heterocycles. The molecule has 8 heteroatoms. The Morgan fingerprint density at radius 1 is 0.812 bits per heavy atom. The Hall–Kier alpha value is -3.23. The fourth-order valence-corrected chi connectivity index (χ4v) is 5.69. The van der Waals surface area contributed by atoms with Crippen LogP contribution in [0.25, 0.3) is 0 Å². The summed E-state index contributed by atoms with van der Waals surface area (Å²) in [4.78, 5) is 15.4. The van der Waals surface area contributed by atoms with Crippen molar-refractivity contribution in [3.63, 3.8) is 0 Å². The third kappa shape index (κ3) is 3.55. The molecule has 0 atom stereocenters. The van der Waals surface area contributed by atoms with Crippen LogP contribution in [-0.4, -0.2) is 49.7 Å². The van der Waals surface area contributed by atoms with Crippen molar-refractivity contribution < 1.29 is 22.3 Å². The number of halogens is 1. The number of piperazine rings is 1. The Kier molecular flexibility index (Phi) is 5.19. The second kappa shape index (κ2) is 8.03. The van der Waals surface area contributed by atoms with Gasteiger partial charge in [0.15, 0.2) is 0 Å². The van der Waals surface area contributed by atoms with Crippen molar-refractivity contribution in [2.45, 2.75) is 10.8 Å². The maximum atomic E-state index is 13.6. The number of sulfonamides is 1. The van der Waals surface area contributed by atoms with E-state index in [1.54, 1.807) is 4.90 Å². The van der Waals surface area contributed by atoms with Gasteiger partial charge in [0.25, 0.3) is 0 Å². The quantitative estimate of drug-likeness (QED) is 0.609. The molecule has 0 aliphatic carbocycles. The predicted molar refractivity (Wildman–Crippen MR) is 117 cm³/mol. The second-order valence-electron chi connectivity index (χ2n) is 7.79. The van der Waals surface area contributed by atoms with Crippen molar-refractivity contribution >= 4 is 15.9 Å². The van der Waals surface area contributed by atoms with Gasteiger partial charge < -0.3 is 9.64 Å². The summed E-state index contributed by atoms with van der Waals surface area (Å²) in [5, 5.41) is 0. The summed E-state index contributed by atoms with van der Waals surface area (Å²) in [6, 6.07) is 19.8. The Morgan fingerprint density at radius 2 is 1.34 bits per heavy atom. The van der Waals surface area contributed by atoms with Gasteiger partial charge in [-0.2, -0.15) is 4.31 Å². The van der Waals surface area contributed by atoms with E-state index in [-0.39, 0.29) is 37.0 Å². The lowest BCUT2D eigenvalue weighted by atomic mass is 9.86. The summed E-state index contributed by atoms with van der Waals surface area (Å²) in [5.41, 5.74) is 1.61. The third-order valence-electron chi connectivity index (χ3n) is 5.93. The molecule has 2 aliphatic rings. The van der Waals surface area contributed by atoms with Crippen LogP contribution in [-0.2, 0) is 14.8 Å². The minimum Gasteiger partial charge on any atom is -0.457 e. The number of carbonyl (C=O) groups is 1. The lowest BCUT2D eigenvalue weighted by Crippen LogP contribution is -2.51. The van der Waals surface area contributed by atoms with E-state index in [1.165, 1.54) is 16.4 Å². The largest absolute Gasteiger partial charge is 0.457 e. The van der Waals surface area contributed by atoms with Crippen molar-refractivity contribution in [2.75, 3.05) is 26.2 Å². The number of ether oxygens (including phenoxy) is 1. The zero-order chi connectivity index (χ0) is 22.3. The van der Waals surface area contributed by atoms with Crippen LogP contribution in [0, 0.1) is 5.82 Å². The van der Waals surface area contributed by atoms with Gasteiger partial charge in [-0.3, -0.25) is 4.79 Å². The lowest BCUT2D eigenvalue weighted by molar-refractivity contribution is -0.133. The molecule has 0 radical (unpaired) electrons. The Bertz CT molecular complexity index is 1220. The molecule has 1 fully saturated rings. The maximum absolute atomic E-state index is 13.6. The molecule has 6 nitrogen and oxygen atoms in total. The van der Waals surface area contributed by atoms with Gasteiger partial charge >= 0.3 is 0 Å². The van der Waals surface area contributed by atoms with Crippen LogP contribution in [0.1, 0.15) is 17.0 Å². The highest BCUT2D eigenvalue weighted by Crippen LogP contribution is 2.44. The highest BCUT2D eigenvalue weighted by molar-refractivity contribution is 7.89. The van der Waals surface area contributed by atoms with Gasteiger partial charge in [0, 0.05) is 37.3 Å². The van der Waals surface area contributed by atoms with E-state index in [0.29, 0.717) is 11.5 Å². The summed E-state index contributed by atoms with van der Waals surface area (Å²) in [7, 11) is -3.74. The minimum absolute atomic E-state index is 0.0472. The number of fused-ring (bicyclic) bond motifs is 2. The van der Waals surface area contributed by atoms with Crippen molar-refractivity contribution in [2.24, 2.45) is 0 Å². The average molecular weight is 453 g/mol. The summed E-state index contributed by atoms with van der Waals surface area (Å²) in [6.45, 7) is 0.915. The summed E-state index contributed by atoms with van der Waals surface area (Å²) < 4.78 is 46.3. The summed E-state index contributed by atoms with van der Waals surface area (Å²) in [6.07, 6.45) is 0. The predicted octanol–water partition coefficient (Wildman–Crippen LogP) is 3.60. The average Bonchev–Trinajstić information content (AvgIpc) is 2.82. The Balaban J connectivity index is 1.37. The smallest absolute Gasteiger partial charge is 0.243 e. The van der Waals surface area contributed by atoms with Crippen LogP contribution >= 0.6 is 0 Å². The van der Waals surface area contributed by atoms with Crippen LogP contribution in [0.3, 0.4) is 0 Å². The van der Waals surface area contributed by atoms with E-state index < -0.39 is 21.8 Å². The van der Waals surface area contributed by atoms with E-state index in [9.17, 15) is 17.6 Å². The van der Waals surface area contributed by atoms with Crippen LogP contribution in [0.4, 0.5) is 4.39 Å². The molecule has 0 aromatic heterocycles. The topological polar surface area (TPSA) is 66.9 Å². The minimum atomic E-state index is -3.74. The van der Waals surface area contributed by atoms with Crippen molar-refractivity contribution in [1.29, 1.82) is 0 Å². The number of amides is 1. The molecule has 5 rings (SSSR count). The van der Waals surface area contributed by atoms with Crippen molar-refractivity contribution in [1.82, 2.24) is 9.21 Å². The standard InChI is InChI=1S/C24H21FN2O4S/c25-17-9-11-18(12-10-17)32(29,30)27-15-13-26(14-16-27)24(28)23-19-5-1-3-7-21(19)31-22-8-4-2-6-20(22)23/h1-12,23H,13-16H2. The molecule has 1 amide bonds. The van der Waals surface area contributed by atoms with Crippen molar-refractivity contribution in [3.8, 4) is 11.5 Å². The molecule has 164 valence electrons. The van der Waals surface area contributed by atoms with Gasteiger partial charge in [0.2, 0.25) is 15.9 Å².